The minimum Gasteiger partial charge on any atom is -0.479 e. The Kier molecular flexibility index (Phi) is 4.16. The highest BCUT2D eigenvalue weighted by molar-refractivity contribution is 5.83. The van der Waals surface area contributed by atoms with Gasteiger partial charge in [-0.2, -0.15) is 0 Å². The van der Waals surface area contributed by atoms with Gasteiger partial charge in [0.2, 0.25) is 5.91 Å². The van der Waals surface area contributed by atoms with Crippen molar-refractivity contribution in [1.29, 1.82) is 0 Å². The Morgan fingerprint density at radius 1 is 1.42 bits per heavy atom. The minimum absolute atomic E-state index is 0.159. The van der Waals surface area contributed by atoms with Crippen LogP contribution >= 0.6 is 0 Å². The molecule has 0 bridgehead atoms. The van der Waals surface area contributed by atoms with Gasteiger partial charge >= 0.3 is 5.97 Å². The zero-order chi connectivity index (χ0) is 13.8. The number of carbonyl (C=O) groups is 2. The van der Waals surface area contributed by atoms with Crippen LogP contribution in [0.2, 0.25) is 0 Å². The Balaban J connectivity index is 2.38. The molecule has 0 radical (unpaired) electrons. The molecule has 1 fully saturated rings. The molecule has 1 amide bonds. The minimum atomic E-state index is -1.04. The summed E-state index contributed by atoms with van der Waals surface area (Å²) in [6.07, 6.45) is -0.229. The van der Waals surface area contributed by atoms with Crippen molar-refractivity contribution in [3.8, 4) is 0 Å². The van der Waals surface area contributed by atoms with Gasteiger partial charge in [-0.05, 0) is 12.0 Å². The summed E-state index contributed by atoms with van der Waals surface area (Å²) in [5, 5.41) is 9.28. The van der Waals surface area contributed by atoms with Crippen LogP contribution in [0.15, 0.2) is 30.3 Å². The van der Waals surface area contributed by atoms with E-state index in [2.05, 4.69) is 0 Å². The first-order valence-electron chi connectivity index (χ1n) is 6.34. The second-order valence-corrected chi connectivity index (χ2v) is 4.51. The number of hydrogen-bond donors (Lipinski definition) is 1. The summed E-state index contributed by atoms with van der Waals surface area (Å²) in [5.41, 5.74) is 0.788. The Labute approximate surface area is 111 Å². The maximum absolute atomic E-state index is 11.9. The third-order valence-electron chi connectivity index (χ3n) is 3.18. The molecule has 1 N–H and O–H groups in total. The van der Waals surface area contributed by atoms with E-state index in [-0.39, 0.29) is 12.5 Å². The predicted octanol–water partition coefficient (Wildman–Crippen LogP) is 1.45. The van der Waals surface area contributed by atoms with Crippen LogP contribution in [-0.2, 0) is 14.3 Å². The highest BCUT2D eigenvalue weighted by Crippen LogP contribution is 2.30. The van der Waals surface area contributed by atoms with Gasteiger partial charge in [0, 0.05) is 6.54 Å². The van der Waals surface area contributed by atoms with Crippen molar-refractivity contribution in [3.63, 3.8) is 0 Å². The maximum Gasteiger partial charge on any atom is 0.335 e. The SMILES string of the molecule is CCCN1C(=O)CO[C@@H](C(=O)O)[C@H]1c1ccccc1. The number of carboxylic acid groups (broad SMARTS) is 1. The van der Waals surface area contributed by atoms with Crippen LogP contribution in [0, 0.1) is 0 Å². The first kappa shape index (κ1) is 13.5. The van der Waals surface area contributed by atoms with Crippen LogP contribution in [0.5, 0.6) is 0 Å². The third kappa shape index (κ3) is 2.76. The molecule has 0 saturated carbocycles. The zero-order valence-corrected chi connectivity index (χ0v) is 10.8. The van der Waals surface area contributed by atoms with Gasteiger partial charge in [0.05, 0.1) is 6.04 Å². The molecule has 1 aliphatic heterocycles. The Hall–Kier alpha value is -1.88. The second-order valence-electron chi connectivity index (χ2n) is 4.51. The summed E-state index contributed by atoms with van der Waals surface area (Å²) >= 11 is 0. The Morgan fingerprint density at radius 3 is 2.68 bits per heavy atom. The van der Waals surface area contributed by atoms with Gasteiger partial charge < -0.3 is 14.7 Å². The average molecular weight is 263 g/mol. The van der Waals surface area contributed by atoms with E-state index in [0.29, 0.717) is 6.54 Å². The monoisotopic (exact) mass is 263 g/mol. The molecule has 1 aromatic carbocycles. The number of amides is 1. The van der Waals surface area contributed by atoms with Gasteiger partial charge in [0.1, 0.15) is 6.61 Å². The molecular weight excluding hydrogens is 246 g/mol. The van der Waals surface area contributed by atoms with E-state index in [4.69, 9.17) is 4.74 Å². The van der Waals surface area contributed by atoms with Gasteiger partial charge in [0.15, 0.2) is 6.10 Å². The third-order valence-corrected chi connectivity index (χ3v) is 3.18. The van der Waals surface area contributed by atoms with Crippen molar-refractivity contribution < 1.29 is 19.4 Å². The van der Waals surface area contributed by atoms with Gasteiger partial charge in [-0.25, -0.2) is 4.79 Å². The average Bonchev–Trinajstić information content (AvgIpc) is 2.41. The molecule has 1 heterocycles. The number of aliphatic carboxylic acids is 1. The largest absolute Gasteiger partial charge is 0.479 e. The van der Waals surface area contributed by atoms with E-state index in [9.17, 15) is 14.7 Å². The number of benzene rings is 1. The fourth-order valence-electron chi connectivity index (χ4n) is 2.37. The second kappa shape index (κ2) is 5.84. The smallest absolute Gasteiger partial charge is 0.335 e. The lowest BCUT2D eigenvalue weighted by Gasteiger charge is -2.39. The van der Waals surface area contributed by atoms with Crippen molar-refractivity contribution in [1.82, 2.24) is 4.90 Å². The molecule has 1 aromatic rings. The molecule has 5 heteroatoms. The molecule has 5 nitrogen and oxygen atoms in total. The first-order chi connectivity index (χ1) is 9.15. The molecule has 0 spiro atoms. The number of morpholine rings is 1. The van der Waals surface area contributed by atoms with Crippen molar-refractivity contribution in [3.05, 3.63) is 35.9 Å². The van der Waals surface area contributed by atoms with Crippen molar-refractivity contribution >= 4 is 11.9 Å². The van der Waals surface area contributed by atoms with Crippen LogP contribution in [0.3, 0.4) is 0 Å². The summed E-state index contributed by atoms with van der Waals surface area (Å²) < 4.78 is 5.20. The molecule has 2 rings (SSSR count). The zero-order valence-electron chi connectivity index (χ0n) is 10.8. The quantitative estimate of drug-likeness (QED) is 0.892. The fraction of sp³-hybridized carbons (Fsp3) is 0.429. The molecule has 1 saturated heterocycles. The molecule has 0 unspecified atom stereocenters. The number of nitrogens with zero attached hydrogens (tertiary/aromatic N) is 1. The highest BCUT2D eigenvalue weighted by Gasteiger charge is 2.41. The normalized spacial score (nSPS) is 23.4. The van der Waals surface area contributed by atoms with E-state index in [0.717, 1.165) is 12.0 Å². The van der Waals surface area contributed by atoms with Gasteiger partial charge in [-0.3, -0.25) is 4.79 Å². The Morgan fingerprint density at radius 2 is 2.11 bits per heavy atom. The van der Waals surface area contributed by atoms with Crippen molar-refractivity contribution in [2.45, 2.75) is 25.5 Å². The van der Waals surface area contributed by atoms with E-state index in [1.165, 1.54) is 0 Å². The fourth-order valence-corrected chi connectivity index (χ4v) is 2.37. The highest BCUT2D eigenvalue weighted by atomic mass is 16.5. The molecule has 0 aliphatic carbocycles. The maximum atomic E-state index is 11.9. The lowest BCUT2D eigenvalue weighted by Crippen LogP contribution is -2.52. The molecule has 102 valence electrons. The van der Waals surface area contributed by atoms with Gasteiger partial charge in [0.25, 0.3) is 0 Å². The molecule has 2 atom stereocenters. The first-order valence-corrected chi connectivity index (χ1v) is 6.34. The van der Waals surface area contributed by atoms with Gasteiger partial charge in [-0.1, -0.05) is 37.3 Å². The lowest BCUT2D eigenvalue weighted by atomic mass is 9.97. The topological polar surface area (TPSA) is 66.8 Å². The van der Waals surface area contributed by atoms with Crippen molar-refractivity contribution in [2.24, 2.45) is 0 Å². The molecule has 19 heavy (non-hydrogen) atoms. The van der Waals surface area contributed by atoms with E-state index >= 15 is 0 Å². The standard InChI is InChI=1S/C14H17NO4/c1-2-8-15-11(16)9-19-13(14(17)18)12(15)10-6-4-3-5-7-10/h3-7,12-13H,2,8-9H2,1H3,(H,17,18)/t12-,13-/m1/s1. The molecule has 1 aliphatic rings. The number of carbonyl (C=O) groups excluding carboxylic acids is 1. The number of carboxylic acids is 1. The summed E-state index contributed by atoms with van der Waals surface area (Å²) in [4.78, 5) is 24.9. The summed E-state index contributed by atoms with van der Waals surface area (Å²) in [6.45, 7) is 2.33. The van der Waals surface area contributed by atoms with E-state index < -0.39 is 18.1 Å². The number of hydrogen-bond acceptors (Lipinski definition) is 3. The summed E-state index contributed by atoms with van der Waals surface area (Å²) in [6, 6.07) is 8.61. The molecular formula is C14H17NO4. The summed E-state index contributed by atoms with van der Waals surface area (Å²) in [7, 11) is 0. The molecule has 0 aromatic heterocycles. The van der Waals surface area contributed by atoms with Crippen LogP contribution < -0.4 is 0 Å². The van der Waals surface area contributed by atoms with Crippen LogP contribution in [0.25, 0.3) is 0 Å². The Bertz CT molecular complexity index is 460. The van der Waals surface area contributed by atoms with Crippen LogP contribution in [0.1, 0.15) is 24.9 Å². The van der Waals surface area contributed by atoms with Crippen LogP contribution in [-0.4, -0.2) is 41.1 Å². The lowest BCUT2D eigenvalue weighted by molar-refractivity contribution is -0.173. The predicted molar refractivity (Wildman–Crippen MR) is 68.6 cm³/mol. The number of rotatable bonds is 4. The van der Waals surface area contributed by atoms with Gasteiger partial charge in [-0.15, -0.1) is 0 Å². The van der Waals surface area contributed by atoms with Crippen molar-refractivity contribution in [2.75, 3.05) is 13.2 Å². The summed E-state index contributed by atoms with van der Waals surface area (Å²) in [5.74, 6) is -1.20. The van der Waals surface area contributed by atoms with E-state index in [1.807, 2.05) is 37.3 Å². The van der Waals surface area contributed by atoms with E-state index in [1.54, 1.807) is 4.90 Å². The number of ether oxygens (including phenoxy) is 1. The van der Waals surface area contributed by atoms with Crippen LogP contribution in [0.4, 0.5) is 0 Å².